The first-order chi connectivity index (χ1) is 8.89. The molecule has 0 bridgehead atoms. The molecule has 1 aromatic heterocycles. The predicted molar refractivity (Wildman–Crippen MR) is 72.0 cm³/mol. The summed E-state index contributed by atoms with van der Waals surface area (Å²) in [6, 6.07) is 0. The van der Waals surface area contributed by atoms with Gasteiger partial charge in [-0.3, -0.25) is 9.59 Å². The van der Waals surface area contributed by atoms with Gasteiger partial charge in [0.25, 0.3) is 5.91 Å². The van der Waals surface area contributed by atoms with Crippen molar-refractivity contribution in [3.63, 3.8) is 0 Å². The van der Waals surface area contributed by atoms with Gasteiger partial charge in [-0.2, -0.15) is 0 Å². The summed E-state index contributed by atoms with van der Waals surface area (Å²) in [7, 11) is 1.76. The lowest BCUT2D eigenvalue weighted by atomic mass is 9.97. The second-order valence-corrected chi connectivity index (χ2v) is 5.90. The summed E-state index contributed by atoms with van der Waals surface area (Å²) in [6.07, 6.45) is 0.666. The Kier molecular flexibility index (Phi) is 3.58. The number of aryl methyl sites for hydroxylation is 1. The van der Waals surface area contributed by atoms with Crippen LogP contribution in [0.2, 0.25) is 0 Å². The van der Waals surface area contributed by atoms with Crippen LogP contribution in [0.5, 0.6) is 0 Å². The number of carbonyl (C=O) groups excluding carboxylic acids is 2. The minimum atomic E-state index is -0.820. The number of rotatable bonds is 2. The van der Waals surface area contributed by atoms with Gasteiger partial charge in [-0.1, -0.05) is 11.4 Å². The number of aromatic nitrogens is 2. The van der Waals surface area contributed by atoms with Crippen LogP contribution in [0, 0.1) is 0 Å². The predicted octanol–water partition coefficient (Wildman–Crippen LogP) is 0.793. The Bertz CT molecular complexity index is 512. The molecule has 2 amide bonds. The van der Waals surface area contributed by atoms with Gasteiger partial charge in [-0.05, 0) is 31.8 Å². The normalized spacial score (nSPS) is 18.8. The molecule has 1 aliphatic rings. The zero-order chi connectivity index (χ0) is 14.2. The third kappa shape index (κ3) is 2.22. The van der Waals surface area contributed by atoms with Crippen LogP contribution < -0.4 is 0 Å². The van der Waals surface area contributed by atoms with Gasteiger partial charge in [-0.15, -0.1) is 5.10 Å². The van der Waals surface area contributed by atoms with E-state index in [1.807, 2.05) is 6.92 Å². The van der Waals surface area contributed by atoms with Crippen molar-refractivity contribution >= 4 is 23.3 Å². The third-order valence-corrected chi connectivity index (χ3v) is 4.29. The monoisotopic (exact) mass is 282 g/mol. The van der Waals surface area contributed by atoms with E-state index in [2.05, 4.69) is 9.59 Å². The molecule has 0 saturated carbocycles. The fraction of sp³-hybridized carbons (Fsp3) is 0.667. The van der Waals surface area contributed by atoms with E-state index in [0.717, 1.165) is 11.5 Å². The first kappa shape index (κ1) is 13.9. The van der Waals surface area contributed by atoms with Gasteiger partial charge < -0.3 is 9.80 Å². The van der Waals surface area contributed by atoms with E-state index in [1.165, 1.54) is 0 Å². The van der Waals surface area contributed by atoms with Gasteiger partial charge in [0.2, 0.25) is 5.91 Å². The second kappa shape index (κ2) is 4.88. The van der Waals surface area contributed by atoms with Gasteiger partial charge in [0.05, 0.1) is 5.69 Å². The summed E-state index contributed by atoms with van der Waals surface area (Å²) < 4.78 is 3.84. The molecule has 2 heterocycles. The largest absolute Gasteiger partial charge is 0.342 e. The highest BCUT2D eigenvalue weighted by Crippen LogP contribution is 2.25. The average Bonchev–Trinajstić information content (AvgIpc) is 2.83. The summed E-state index contributed by atoms with van der Waals surface area (Å²) in [5.41, 5.74) is -0.115. The Morgan fingerprint density at radius 3 is 2.74 bits per heavy atom. The van der Waals surface area contributed by atoms with E-state index in [9.17, 15) is 9.59 Å². The number of piperazine rings is 1. The van der Waals surface area contributed by atoms with E-state index >= 15 is 0 Å². The molecular weight excluding hydrogens is 264 g/mol. The Balaban J connectivity index is 2.31. The highest BCUT2D eigenvalue weighted by Gasteiger charge is 2.44. The quantitative estimate of drug-likeness (QED) is 0.804. The number of amides is 2. The molecule has 0 unspecified atom stereocenters. The third-order valence-electron chi connectivity index (χ3n) is 3.53. The van der Waals surface area contributed by atoms with Crippen molar-refractivity contribution in [3.05, 3.63) is 10.6 Å². The van der Waals surface area contributed by atoms with Crippen LogP contribution in [0.25, 0.3) is 0 Å². The maximum atomic E-state index is 12.6. The maximum absolute atomic E-state index is 12.6. The molecule has 19 heavy (non-hydrogen) atoms. The fourth-order valence-corrected chi connectivity index (χ4v) is 2.99. The SMILES string of the molecule is CCc1nnsc1C(=O)N1CCN(C)C(=O)C1(C)C. The van der Waals surface area contributed by atoms with E-state index in [0.29, 0.717) is 30.1 Å². The van der Waals surface area contributed by atoms with Crippen LogP contribution in [-0.4, -0.2) is 56.9 Å². The molecule has 104 valence electrons. The van der Waals surface area contributed by atoms with Crippen LogP contribution in [0.3, 0.4) is 0 Å². The Morgan fingerprint density at radius 1 is 1.42 bits per heavy atom. The van der Waals surface area contributed by atoms with Crippen molar-refractivity contribution in [3.8, 4) is 0 Å². The maximum Gasteiger partial charge on any atom is 0.268 e. The summed E-state index contributed by atoms with van der Waals surface area (Å²) in [5, 5.41) is 3.96. The number of hydrogen-bond donors (Lipinski definition) is 0. The van der Waals surface area contributed by atoms with Crippen molar-refractivity contribution < 1.29 is 9.59 Å². The number of carbonyl (C=O) groups is 2. The Morgan fingerprint density at radius 2 is 2.11 bits per heavy atom. The zero-order valence-electron chi connectivity index (χ0n) is 11.6. The summed E-state index contributed by atoms with van der Waals surface area (Å²) >= 11 is 1.10. The average molecular weight is 282 g/mol. The molecule has 2 rings (SSSR count). The molecule has 7 heteroatoms. The number of nitrogens with zero attached hydrogens (tertiary/aromatic N) is 4. The van der Waals surface area contributed by atoms with Crippen molar-refractivity contribution in [2.24, 2.45) is 0 Å². The summed E-state index contributed by atoms with van der Waals surface area (Å²) in [6.45, 7) is 6.59. The zero-order valence-corrected chi connectivity index (χ0v) is 12.5. The van der Waals surface area contributed by atoms with E-state index in [-0.39, 0.29) is 11.8 Å². The Labute approximate surface area is 116 Å². The topological polar surface area (TPSA) is 66.4 Å². The van der Waals surface area contributed by atoms with Crippen LogP contribution in [-0.2, 0) is 11.2 Å². The second-order valence-electron chi connectivity index (χ2n) is 5.14. The van der Waals surface area contributed by atoms with Gasteiger partial charge >= 0.3 is 0 Å². The molecule has 6 nitrogen and oxygen atoms in total. The van der Waals surface area contributed by atoms with Gasteiger partial charge in [-0.25, -0.2) is 0 Å². The summed E-state index contributed by atoms with van der Waals surface area (Å²) in [4.78, 5) is 28.6. The van der Waals surface area contributed by atoms with Crippen molar-refractivity contribution in [2.75, 3.05) is 20.1 Å². The minimum Gasteiger partial charge on any atom is -0.342 e. The molecule has 1 aromatic rings. The van der Waals surface area contributed by atoms with E-state index in [4.69, 9.17) is 0 Å². The van der Waals surface area contributed by atoms with Gasteiger partial charge in [0.1, 0.15) is 10.4 Å². The minimum absolute atomic E-state index is 0.0392. The highest BCUT2D eigenvalue weighted by molar-refractivity contribution is 7.08. The van der Waals surface area contributed by atoms with E-state index < -0.39 is 5.54 Å². The standard InChI is InChI=1S/C12H18N4O2S/c1-5-8-9(19-14-13-8)10(17)16-7-6-15(4)11(18)12(16,2)3/h5-7H2,1-4H3. The molecule has 0 N–H and O–H groups in total. The molecule has 0 spiro atoms. The van der Waals surface area contributed by atoms with Crippen LogP contribution in [0.15, 0.2) is 0 Å². The lowest BCUT2D eigenvalue weighted by molar-refractivity contribution is -0.144. The van der Waals surface area contributed by atoms with Gasteiger partial charge in [0.15, 0.2) is 0 Å². The van der Waals surface area contributed by atoms with Crippen molar-refractivity contribution in [1.82, 2.24) is 19.4 Å². The molecule has 1 saturated heterocycles. The Hall–Kier alpha value is -1.50. The summed E-state index contributed by atoms with van der Waals surface area (Å²) in [5.74, 6) is -0.180. The smallest absolute Gasteiger partial charge is 0.268 e. The van der Waals surface area contributed by atoms with Crippen LogP contribution in [0.4, 0.5) is 0 Å². The first-order valence-electron chi connectivity index (χ1n) is 6.28. The van der Waals surface area contributed by atoms with Crippen molar-refractivity contribution in [2.45, 2.75) is 32.7 Å². The number of likely N-dealkylation sites (N-methyl/N-ethyl adjacent to an activating group) is 1. The molecule has 0 radical (unpaired) electrons. The first-order valence-corrected chi connectivity index (χ1v) is 7.05. The molecule has 1 fully saturated rings. The highest BCUT2D eigenvalue weighted by atomic mass is 32.1. The molecule has 0 aromatic carbocycles. The van der Waals surface area contributed by atoms with Gasteiger partial charge in [0, 0.05) is 20.1 Å². The van der Waals surface area contributed by atoms with E-state index in [1.54, 1.807) is 30.7 Å². The fourth-order valence-electron chi connectivity index (χ4n) is 2.29. The molecule has 1 aliphatic heterocycles. The van der Waals surface area contributed by atoms with Crippen LogP contribution >= 0.6 is 11.5 Å². The lowest BCUT2D eigenvalue weighted by Crippen LogP contribution is -2.63. The molecular formula is C12H18N4O2S. The molecule has 0 aliphatic carbocycles. The van der Waals surface area contributed by atoms with Crippen molar-refractivity contribution in [1.29, 1.82) is 0 Å². The molecule has 0 atom stereocenters. The lowest BCUT2D eigenvalue weighted by Gasteiger charge is -2.44. The van der Waals surface area contributed by atoms with Crippen LogP contribution in [0.1, 0.15) is 36.1 Å². The number of hydrogen-bond acceptors (Lipinski definition) is 5.